The van der Waals surface area contributed by atoms with Gasteiger partial charge in [-0.15, -0.1) is 11.3 Å². The predicted octanol–water partition coefficient (Wildman–Crippen LogP) is 5.89. The molecule has 5 rings (SSSR count). The number of hydrogen-bond donors (Lipinski definition) is 2. The summed E-state index contributed by atoms with van der Waals surface area (Å²) in [6.07, 6.45) is 9.18. The van der Waals surface area contributed by atoms with E-state index >= 15 is 0 Å². The Hall–Kier alpha value is -2.34. The zero-order chi connectivity index (χ0) is 22.9. The number of unbranched alkanes of at least 4 members (excludes halogenated alkanes) is 1. The van der Waals surface area contributed by atoms with Crippen molar-refractivity contribution in [3.8, 4) is 5.75 Å². The van der Waals surface area contributed by atoms with Crippen molar-refractivity contribution >= 4 is 33.3 Å². The lowest BCUT2D eigenvalue weighted by Crippen LogP contribution is -2.61. The minimum atomic E-state index is -0.741. The highest BCUT2D eigenvalue weighted by Gasteiger charge is 2.57. The van der Waals surface area contributed by atoms with Gasteiger partial charge in [0.25, 0.3) is 5.91 Å². The van der Waals surface area contributed by atoms with E-state index in [1.54, 1.807) is 18.4 Å². The Morgan fingerprint density at radius 2 is 2.09 bits per heavy atom. The van der Waals surface area contributed by atoms with E-state index in [0.29, 0.717) is 29.6 Å². The molecule has 0 radical (unpaired) electrons. The maximum atomic E-state index is 13.3. The molecule has 3 fully saturated rings. The van der Waals surface area contributed by atoms with Crippen LogP contribution in [0, 0.1) is 23.2 Å². The molecule has 0 spiro atoms. The third-order valence-electron chi connectivity index (χ3n) is 7.80. The van der Waals surface area contributed by atoms with Gasteiger partial charge in [-0.1, -0.05) is 26.0 Å². The first kappa shape index (κ1) is 22.8. The molecule has 172 valence electrons. The lowest BCUT2D eigenvalue weighted by Gasteiger charge is -2.62. The number of carbonyl (C=O) groups is 2. The second kappa shape index (κ2) is 9.26. The van der Waals surface area contributed by atoms with Gasteiger partial charge in [-0.05, 0) is 73.5 Å². The van der Waals surface area contributed by atoms with Crippen LogP contribution in [0.15, 0.2) is 35.7 Å². The molecule has 1 amide bonds. The molecule has 3 aliphatic carbocycles. The first-order valence-corrected chi connectivity index (χ1v) is 12.4. The maximum Gasteiger partial charge on any atom is 0.303 e. The van der Waals surface area contributed by atoms with Crippen LogP contribution in [0.1, 0.15) is 62.7 Å². The zero-order valence-electron chi connectivity index (χ0n) is 19.1. The highest BCUT2D eigenvalue weighted by atomic mass is 32.1. The van der Waals surface area contributed by atoms with E-state index in [9.17, 15) is 9.59 Å². The lowest BCUT2D eigenvalue weighted by atomic mass is 9.44. The molecule has 0 aliphatic heterocycles. The number of allylic oxidation sites excluding steroid dienone is 2. The molecule has 32 heavy (non-hydrogen) atoms. The van der Waals surface area contributed by atoms with Crippen molar-refractivity contribution in [3.63, 3.8) is 0 Å². The van der Waals surface area contributed by atoms with Crippen LogP contribution in [0.4, 0.5) is 0 Å². The highest BCUT2D eigenvalue weighted by molar-refractivity contribution is 7.17. The number of benzene rings is 1. The SMILES string of the molecule is COc1ccc2scc(C(=O)N[C@H]3C[C@@H]4C[C@H]([C@H]3CC=CCCCC(=O)O)C4(C)C)c2c1. The molecule has 3 saturated carbocycles. The monoisotopic (exact) mass is 455 g/mol. The molecule has 6 heteroatoms. The number of carboxylic acid groups (broad SMARTS) is 1. The number of hydrogen-bond acceptors (Lipinski definition) is 4. The van der Waals surface area contributed by atoms with Crippen LogP contribution >= 0.6 is 11.3 Å². The number of carboxylic acids is 1. The summed E-state index contributed by atoms with van der Waals surface area (Å²) >= 11 is 1.59. The van der Waals surface area contributed by atoms with E-state index < -0.39 is 5.97 Å². The smallest absolute Gasteiger partial charge is 0.303 e. The van der Waals surface area contributed by atoms with Crippen LogP contribution in [0.5, 0.6) is 5.75 Å². The molecule has 5 nitrogen and oxygen atoms in total. The molecule has 0 saturated heterocycles. The first-order chi connectivity index (χ1) is 15.3. The van der Waals surface area contributed by atoms with Crippen molar-refractivity contribution in [1.29, 1.82) is 0 Å². The number of methoxy groups -OCH3 is 1. The molecule has 4 atom stereocenters. The first-order valence-electron chi connectivity index (χ1n) is 11.5. The van der Waals surface area contributed by atoms with Crippen molar-refractivity contribution < 1.29 is 19.4 Å². The van der Waals surface area contributed by atoms with Gasteiger partial charge >= 0.3 is 5.97 Å². The normalized spacial score (nSPS) is 26.1. The number of thiophene rings is 1. The number of nitrogens with one attached hydrogen (secondary N) is 1. The third kappa shape index (κ3) is 4.42. The fourth-order valence-electron chi connectivity index (χ4n) is 5.74. The summed E-state index contributed by atoms with van der Waals surface area (Å²) in [5.74, 6) is 1.70. The Balaban J connectivity index is 1.46. The molecule has 2 bridgehead atoms. The molecule has 1 aromatic carbocycles. The summed E-state index contributed by atoms with van der Waals surface area (Å²) in [6, 6.07) is 6.05. The Kier molecular flexibility index (Phi) is 6.61. The summed E-state index contributed by atoms with van der Waals surface area (Å²) in [5.41, 5.74) is 1.05. The van der Waals surface area contributed by atoms with Crippen LogP contribution in [0.3, 0.4) is 0 Å². The van der Waals surface area contributed by atoms with Gasteiger partial charge in [-0.3, -0.25) is 9.59 Å². The van der Waals surface area contributed by atoms with Gasteiger partial charge in [-0.2, -0.15) is 0 Å². The molecule has 2 aromatic rings. The van der Waals surface area contributed by atoms with Crippen LogP contribution < -0.4 is 10.1 Å². The van der Waals surface area contributed by atoms with Gasteiger partial charge in [0, 0.05) is 27.9 Å². The van der Waals surface area contributed by atoms with E-state index in [4.69, 9.17) is 9.84 Å². The highest BCUT2D eigenvalue weighted by Crippen LogP contribution is 2.62. The number of carbonyl (C=O) groups excluding carboxylic acids is 1. The van der Waals surface area contributed by atoms with Crippen molar-refractivity contribution in [1.82, 2.24) is 5.32 Å². The topological polar surface area (TPSA) is 75.6 Å². The number of fused-ring (bicyclic) bond motifs is 3. The fourth-order valence-corrected chi connectivity index (χ4v) is 6.66. The second-order valence-electron chi connectivity index (χ2n) is 9.84. The minimum absolute atomic E-state index is 0.00375. The van der Waals surface area contributed by atoms with E-state index in [2.05, 4.69) is 31.3 Å². The number of ether oxygens (including phenoxy) is 1. The Morgan fingerprint density at radius 1 is 1.28 bits per heavy atom. The van der Waals surface area contributed by atoms with E-state index in [1.807, 2.05) is 23.6 Å². The number of amides is 1. The molecule has 1 heterocycles. The minimum Gasteiger partial charge on any atom is -0.497 e. The summed E-state index contributed by atoms with van der Waals surface area (Å²) < 4.78 is 6.44. The Bertz CT molecular complexity index is 1020. The molecular formula is C26H33NO4S. The Labute approximate surface area is 193 Å². The Morgan fingerprint density at radius 3 is 2.81 bits per heavy atom. The third-order valence-corrected chi connectivity index (χ3v) is 8.76. The van der Waals surface area contributed by atoms with E-state index in [0.717, 1.165) is 40.7 Å². The van der Waals surface area contributed by atoms with E-state index in [1.165, 1.54) is 6.42 Å². The van der Waals surface area contributed by atoms with Crippen molar-refractivity contribution in [3.05, 3.63) is 41.3 Å². The lowest BCUT2D eigenvalue weighted by molar-refractivity contribution is -0.137. The molecule has 0 unspecified atom stereocenters. The quantitative estimate of drug-likeness (QED) is 0.365. The average Bonchev–Trinajstić information content (AvgIpc) is 3.19. The fraction of sp³-hybridized carbons (Fsp3) is 0.538. The molecule has 2 N–H and O–H groups in total. The average molecular weight is 456 g/mol. The van der Waals surface area contributed by atoms with Crippen molar-refractivity contribution in [2.75, 3.05) is 7.11 Å². The summed E-state index contributed by atoms with van der Waals surface area (Å²) in [4.78, 5) is 24.0. The number of aliphatic carboxylic acids is 1. The van der Waals surface area contributed by atoms with Gasteiger partial charge in [0.05, 0.1) is 12.7 Å². The van der Waals surface area contributed by atoms with Gasteiger partial charge in [0.2, 0.25) is 0 Å². The van der Waals surface area contributed by atoms with Crippen LogP contribution in [-0.4, -0.2) is 30.1 Å². The van der Waals surface area contributed by atoms with Gasteiger partial charge < -0.3 is 15.2 Å². The van der Waals surface area contributed by atoms with Gasteiger partial charge in [0.15, 0.2) is 0 Å². The van der Waals surface area contributed by atoms with Crippen molar-refractivity contribution in [2.45, 2.75) is 58.4 Å². The zero-order valence-corrected chi connectivity index (χ0v) is 19.9. The number of rotatable bonds is 9. The predicted molar refractivity (Wildman–Crippen MR) is 128 cm³/mol. The van der Waals surface area contributed by atoms with Crippen LogP contribution in [0.2, 0.25) is 0 Å². The summed E-state index contributed by atoms with van der Waals surface area (Å²) in [6.45, 7) is 4.73. The molecule has 1 aromatic heterocycles. The largest absolute Gasteiger partial charge is 0.497 e. The summed E-state index contributed by atoms with van der Waals surface area (Å²) in [5, 5.41) is 15.1. The van der Waals surface area contributed by atoms with Crippen LogP contribution in [-0.2, 0) is 4.79 Å². The van der Waals surface area contributed by atoms with Crippen molar-refractivity contribution in [2.24, 2.45) is 23.2 Å². The second-order valence-corrected chi connectivity index (χ2v) is 10.8. The van der Waals surface area contributed by atoms with E-state index in [-0.39, 0.29) is 18.4 Å². The van der Waals surface area contributed by atoms with Gasteiger partial charge in [0.1, 0.15) is 5.75 Å². The summed E-state index contributed by atoms with van der Waals surface area (Å²) in [7, 11) is 1.64. The maximum absolute atomic E-state index is 13.3. The molecule has 3 aliphatic rings. The molecular weight excluding hydrogens is 422 g/mol. The van der Waals surface area contributed by atoms with Crippen LogP contribution in [0.25, 0.3) is 10.1 Å². The van der Waals surface area contributed by atoms with Gasteiger partial charge in [-0.25, -0.2) is 0 Å². The standard InChI is InChI=1S/C26H33NO4S/c1-26(2)16-12-21(26)18(8-6-4-5-7-9-24(28)29)22(13-16)27-25(30)20-15-32-23-11-10-17(31-3)14-19(20)23/h4,6,10-11,14-16,18,21-22H,5,7-9,12-13H2,1-3H3,(H,27,30)(H,28,29)/t16-,18+,21+,22-/m0/s1.